The second kappa shape index (κ2) is 6.81. The van der Waals surface area contributed by atoms with E-state index in [1.165, 1.54) is 0 Å². The first-order valence-electron chi connectivity index (χ1n) is 7.97. The van der Waals surface area contributed by atoms with E-state index in [4.69, 9.17) is 9.26 Å². The molecule has 0 bridgehead atoms. The summed E-state index contributed by atoms with van der Waals surface area (Å²) in [5.41, 5.74) is 1.20. The lowest BCUT2D eigenvalue weighted by Crippen LogP contribution is -2.24. The topological polar surface area (TPSA) is 108 Å². The highest BCUT2D eigenvalue weighted by Crippen LogP contribution is 2.26. The number of carbonyl (C=O) groups is 1. The van der Waals surface area contributed by atoms with Gasteiger partial charge in [0.2, 0.25) is 0 Å². The molecule has 128 valence electrons. The highest BCUT2D eigenvalue weighted by atomic mass is 16.5. The van der Waals surface area contributed by atoms with Gasteiger partial charge in [-0.2, -0.15) is 4.98 Å². The van der Waals surface area contributed by atoms with Gasteiger partial charge in [-0.05, 0) is 25.0 Å². The lowest BCUT2D eigenvalue weighted by Gasteiger charge is -2.09. The third-order valence-electron chi connectivity index (χ3n) is 3.94. The lowest BCUT2D eigenvalue weighted by atomic mass is 10.1. The third kappa shape index (κ3) is 3.26. The van der Waals surface area contributed by atoms with Crippen molar-refractivity contribution in [1.82, 2.24) is 30.2 Å². The van der Waals surface area contributed by atoms with Gasteiger partial charge in [0.25, 0.3) is 11.8 Å². The van der Waals surface area contributed by atoms with Crippen molar-refractivity contribution < 1.29 is 14.1 Å². The van der Waals surface area contributed by atoms with Crippen molar-refractivity contribution in [2.75, 3.05) is 6.61 Å². The van der Waals surface area contributed by atoms with Gasteiger partial charge in [-0.3, -0.25) is 9.36 Å². The number of para-hydroxylation sites is 1. The zero-order chi connectivity index (χ0) is 17.1. The van der Waals surface area contributed by atoms with Crippen molar-refractivity contribution >= 4 is 5.91 Å². The Morgan fingerprint density at radius 3 is 2.92 bits per heavy atom. The molecule has 9 heteroatoms. The van der Waals surface area contributed by atoms with Crippen molar-refractivity contribution in [3.63, 3.8) is 0 Å². The number of hydrogen-bond donors (Lipinski definition) is 1. The van der Waals surface area contributed by atoms with Crippen LogP contribution in [0.2, 0.25) is 0 Å². The largest absolute Gasteiger partial charge is 0.368 e. The van der Waals surface area contributed by atoms with Crippen LogP contribution in [0.1, 0.15) is 41.0 Å². The van der Waals surface area contributed by atoms with E-state index in [-0.39, 0.29) is 18.6 Å². The fraction of sp³-hybridized carbons (Fsp3) is 0.312. The van der Waals surface area contributed by atoms with Crippen LogP contribution in [0.5, 0.6) is 0 Å². The number of carbonyl (C=O) groups excluding carboxylic acids is 1. The van der Waals surface area contributed by atoms with Gasteiger partial charge in [-0.15, -0.1) is 10.2 Å². The summed E-state index contributed by atoms with van der Waals surface area (Å²) in [4.78, 5) is 16.8. The van der Waals surface area contributed by atoms with Crippen LogP contribution in [0, 0.1) is 0 Å². The molecule has 9 nitrogen and oxygen atoms in total. The van der Waals surface area contributed by atoms with Crippen molar-refractivity contribution in [3.05, 3.63) is 54.2 Å². The Kier molecular flexibility index (Phi) is 4.21. The fourth-order valence-electron chi connectivity index (χ4n) is 2.71. The standard InChI is InChI=1S/C16H16N6O3/c23-15(11-4-1-2-5-12(11)22-9-18-19-10-22)17-8-14-20-16(25-21-14)13-6-3-7-24-13/h1-2,4-5,9-10,13H,3,6-8H2,(H,17,23)/t13-/m1/s1. The maximum absolute atomic E-state index is 12.5. The van der Waals surface area contributed by atoms with Gasteiger partial charge < -0.3 is 14.6 Å². The Labute approximate surface area is 143 Å². The first-order valence-corrected chi connectivity index (χ1v) is 7.97. The Bertz CT molecular complexity index is 854. The maximum Gasteiger partial charge on any atom is 0.255 e. The molecule has 1 N–H and O–H groups in total. The molecule has 0 saturated carbocycles. The van der Waals surface area contributed by atoms with Crippen LogP contribution in [0.25, 0.3) is 5.69 Å². The zero-order valence-corrected chi connectivity index (χ0v) is 13.3. The Balaban J connectivity index is 1.45. The molecule has 1 fully saturated rings. The molecule has 1 amide bonds. The maximum atomic E-state index is 12.5. The average Bonchev–Trinajstić information content (AvgIpc) is 3.41. The third-order valence-corrected chi connectivity index (χ3v) is 3.94. The van der Waals surface area contributed by atoms with Crippen LogP contribution < -0.4 is 5.32 Å². The fourth-order valence-corrected chi connectivity index (χ4v) is 2.71. The lowest BCUT2D eigenvalue weighted by molar-refractivity contribution is 0.0835. The van der Waals surface area contributed by atoms with Gasteiger partial charge in [0, 0.05) is 6.61 Å². The van der Waals surface area contributed by atoms with Gasteiger partial charge in [0.1, 0.15) is 18.8 Å². The summed E-state index contributed by atoms with van der Waals surface area (Å²) < 4.78 is 12.4. The van der Waals surface area contributed by atoms with Crippen molar-refractivity contribution in [1.29, 1.82) is 0 Å². The molecule has 1 aliphatic heterocycles. The first-order chi connectivity index (χ1) is 12.3. The number of nitrogens with one attached hydrogen (secondary N) is 1. The molecule has 4 rings (SSSR count). The normalized spacial score (nSPS) is 16.9. The van der Waals surface area contributed by atoms with Gasteiger partial charge in [-0.1, -0.05) is 17.3 Å². The highest BCUT2D eigenvalue weighted by molar-refractivity contribution is 5.97. The van der Waals surface area contributed by atoms with E-state index in [9.17, 15) is 4.79 Å². The van der Waals surface area contributed by atoms with Crippen LogP contribution in [0.4, 0.5) is 0 Å². The van der Waals surface area contributed by atoms with E-state index in [2.05, 4.69) is 25.7 Å². The van der Waals surface area contributed by atoms with E-state index in [0.29, 0.717) is 29.6 Å². The quantitative estimate of drug-likeness (QED) is 0.748. The predicted molar refractivity (Wildman–Crippen MR) is 84.8 cm³/mol. The predicted octanol–water partition coefficient (Wildman–Crippen LogP) is 1.43. The van der Waals surface area contributed by atoms with Crippen LogP contribution >= 0.6 is 0 Å². The molecular weight excluding hydrogens is 324 g/mol. The summed E-state index contributed by atoms with van der Waals surface area (Å²) in [5.74, 6) is 0.639. The summed E-state index contributed by atoms with van der Waals surface area (Å²) >= 11 is 0. The first kappa shape index (κ1) is 15.5. The summed E-state index contributed by atoms with van der Waals surface area (Å²) in [6.07, 6.45) is 4.81. The van der Waals surface area contributed by atoms with Gasteiger partial charge >= 0.3 is 0 Å². The van der Waals surface area contributed by atoms with Crippen LogP contribution in [0.3, 0.4) is 0 Å². The number of benzene rings is 1. The molecule has 1 aromatic carbocycles. The van der Waals surface area contributed by atoms with E-state index in [1.54, 1.807) is 29.4 Å². The molecule has 3 heterocycles. The van der Waals surface area contributed by atoms with Crippen molar-refractivity contribution in [2.24, 2.45) is 0 Å². The molecule has 1 aliphatic rings. The molecule has 0 radical (unpaired) electrons. The Morgan fingerprint density at radius 2 is 2.12 bits per heavy atom. The van der Waals surface area contributed by atoms with E-state index >= 15 is 0 Å². The minimum absolute atomic E-state index is 0.133. The van der Waals surface area contributed by atoms with Crippen LogP contribution in [0.15, 0.2) is 41.4 Å². The number of ether oxygens (including phenoxy) is 1. The minimum atomic E-state index is -0.243. The number of amides is 1. The van der Waals surface area contributed by atoms with E-state index < -0.39 is 0 Å². The van der Waals surface area contributed by atoms with Gasteiger partial charge in [0.15, 0.2) is 5.82 Å². The molecule has 3 aromatic rings. The van der Waals surface area contributed by atoms with Gasteiger partial charge in [0.05, 0.1) is 17.8 Å². The molecule has 25 heavy (non-hydrogen) atoms. The van der Waals surface area contributed by atoms with E-state index in [0.717, 1.165) is 12.8 Å². The van der Waals surface area contributed by atoms with Crippen molar-refractivity contribution in [2.45, 2.75) is 25.5 Å². The zero-order valence-electron chi connectivity index (χ0n) is 13.3. The summed E-state index contributed by atoms with van der Waals surface area (Å²) in [7, 11) is 0. The summed E-state index contributed by atoms with van der Waals surface area (Å²) in [6.45, 7) is 0.880. The molecule has 0 unspecified atom stereocenters. The molecule has 0 aliphatic carbocycles. The number of rotatable bonds is 5. The SMILES string of the molecule is O=C(NCc1noc([C@H]2CCCO2)n1)c1ccccc1-n1cnnc1. The van der Waals surface area contributed by atoms with E-state index in [1.807, 2.05) is 12.1 Å². The Morgan fingerprint density at radius 1 is 1.28 bits per heavy atom. The highest BCUT2D eigenvalue weighted by Gasteiger charge is 2.24. The number of hydrogen-bond acceptors (Lipinski definition) is 7. The monoisotopic (exact) mass is 340 g/mol. The second-order valence-corrected chi connectivity index (χ2v) is 5.62. The van der Waals surface area contributed by atoms with Crippen LogP contribution in [-0.2, 0) is 11.3 Å². The molecule has 1 atom stereocenters. The summed E-state index contributed by atoms with van der Waals surface area (Å²) in [5, 5.41) is 14.2. The number of aromatic nitrogens is 5. The number of nitrogens with zero attached hydrogens (tertiary/aromatic N) is 5. The van der Waals surface area contributed by atoms with Gasteiger partial charge in [-0.25, -0.2) is 0 Å². The van der Waals surface area contributed by atoms with Crippen molar-refractivity contribution in [3.8, 4) is 5.69 Å². The molecular formula is C16H16N6O3. The molecule has 1 saturated heterocycles. The molecule has 0 spiro atoms. The minimum Gasteiger partial charge on any atom is -0.368 e. The smallest absolute Gasteiger partial charge is 0.255 e. The second-order valence-electron chi connectivity index (χ2n) is 5.62. The average molecular weight is 340 g/mol. The Hall–Kier alpha value is -3.07. The molecule has 2 aromatic heterocycles. The summed E-state index contributed by atoms with van der Waals surface area (Å²) in [6, 6.07) is 7.20. The van der Waals surface area contributed by atoms with Crippen LogP contribution in [-0.4, -0.2) is 37.4 Å².